The van der Waals surface area contributed by atoms with Crippen LogP contribution >= 0.6 is 0 Å². The van der Waals surface area contributed by atoms with Crippen LogP contribution < -0.4 is 24.8 Å². The minimum atomic E-state index is -0.912. The van der Waals surface area contributed by atoms with Crippen LogP contribution in [0.4, 0.5) is 0 Å². The standard InChI is InChI=1S/4C12H19Si.2ClH.2Zr/c4*1-2-3-9-13(10-6-11-13)12-7-4-5-8-12;;;;/h4*4,7H,2-3,5-6,9-11H2,1H3;2*1H;;/q4*-1;;;2*+2/p-2. The van der Waals surface area contributed by atoms with Crippen LogP contribution in [0.5, 0.6) is 0 Å². The first-order valence-corrected chi connectivity index (χ1v) is 33.1. The van der Waals surface area contributed by atoms with E-state index in [9.17, 15) is 0 Å². The zero-order valence-corrected chi connectivity index (χ0v) is 46.6. The van der Waals surface area contributed by atoms with Gasteiger partial charge in [0.15, 0.2) is 0 Å². The van der Waals surface area contributed by atoms with Gasteiger partial charge < -0.3 is 24.8 Å². The molecule has 0 unspecified atom stereocenters. The Labute approximate surface area is 402 Å². The molecule has 56 heavy (non-hydrogen) atoms. The quantitative estimate of drug-likeness (QED) is 0.107. The van der Waals surface area contributed by atoms with E-state index in [1.807, 2.05) is 0 Å². The molecule has 0 aromatic carbocycles. The van der Waals surface area contributed by atoms with E-state index in [0.717, 1.165) is 25.7 Å². The topological polar surface area (TPSA) is 0 Å². The van der Waals surface area contributed by atoms with E-state index in [0.29, 0.717) is 0 Å². The number of halogens is 2. The van der Waals surface area contributed by atoms with Gasteiger partial charge in [0, 0.05) is 32.3 Å². The summed E-state index contributed by atoms with van der Waals surface area (Å²) < 4.78 is 0. The number of hydrogen-bond acceptors (Lipinski definition) is 0. The summed E-state index contributed by atoms with van der Waals surface area (Å²) in [6.07, 6.45) is 54.6. The zero-order chi connectivity index (χ0) is 36.6. The molecule has 8 aliphatic rings. The Hall–Kier alpha value is 1.13. The van der Waals surface area contributed by atoms with Gasteiger partial charge in [-0.3, -0.25) is 24.3 Å². The summed E-state index contributed by atoms with van der Waals surface area (Å²) in [6.45, 7) is 9.24. The molecule has 0 bridgehead atoms. The summed E-state index contributed by atoms with van der Waals surface area (Å²) >= 11 is 0. The predicted octanol–water partition coefficient (Wildman–Crippen LogP) is 9.47. The van der Waals surface area contributed by atoms with E-state index in [4.69, 9.17) is 0 Å². The second-order valence-corrected chi connectivity index (χ2v) is 36.1. The molecule has 0 aromatic rings. The molecule has 8 heteroatoms. The van der Waals surface area contributed by atoms with E-state index in [2.05, 4.69) is 101 Å². The Kier molecular flexibility index (Phi) is 28.2. The summed E-state index contributed by atoms with van der Waals surface area (Å²) in [5, 5.41) is 6.69. The van der Waals surface area contributed by atoms with E-state index < -0.39 is 32.3 Å². The van der Waals surface area contributed by atoms with Gasteiger partial charge in [-0.2, -0.15) is 24.3 Å². The number of allylic oxidation sites excluding steroid dienone is 16. The molecule has 0 saturated carbocycles. The second kappa shape index (κ2) is 28.7. The van der Waals surface area contributed by atoms with Crippen molar-refractivity contribution in [1.82, 2.24) is 0 Å². The smallest absolute Gasteiger partial charge is 1.00 e. The van der Waals surface area contributed by atoms with Crippen molar-refractivity contribution in [2.75, 3.05) is 0 Å². The van der Waals surface area contributed by atoms with Crippen LogP contribution in [0.25, 0.3) is 0 Å². The Morgan fingerprint density at radius 1 is 0.375 bits per heavy atom. The zero-order valence-electron chi connectivity index (χ0n) is 36.2. The van der Waals surface area contributed by atoms with Crippen molar-refractivity contribution >= 4 is 32.3 Å². The Morgan fingerprint density at radius 3 is 0.679 bits per heavy atom. The molecule has 0 radical (unpaired) electrons. The van der Waals surface area contributed by atoms with Crippen molar-refractivity contribution in [3.63, 3.8) is 0 Å². The molecule has 0 N–H and O–H groups in total. The van der Waals surface area contributed by atoms with Crippen LogP contribution in [0.2, 0.25) is 72.5 Å². The SMILES string of the molecule is CCCC[Si]1(C2=[C-]CC=C2)CCC1.CCCC[Si]1(C2=[C-]CC=C2)CCC1.CCCC[Si]1(C2=[C-]CC=C2)CCC1.CCCC[Si]1(C2=[C-]CC=C2)CCC1.[Cl-].[Cl-].[Zr+2].[Zr+2]. The molecule has 4 aliphatic heterocycles. The molecule has 0 aromatic heterocycles. The van der Waals surface area contributed by atoms with Crippen molar-refractivity contribution in [2.45, 2.75) is 203 Å². The molecule has 8 rings (SSSR count). The fourth-order valence-electron chi connectivity index (χ4n) is 10.2. The molecular formula is C48H76Cl2Si4Zr2-2. The Balaban J connectivity index is 0.000000365. The maximum absolute atomic E-state index is 3.58. The summed E-state index contributed by atoms with van der Waals surface area (Å²) in [6, 6.07) is 18.6. The van der Waals surface area contributed by atoms with Gasteiger partial charge in [-0.15, -0.1) is 25.7 Å². The first-order chi connectivity index (χ1) is 25.5. The third-order valence-electron chi connectivity index (χ3n) is 14.3. The monoisotopic (exact) mass is 1010 g/mol. The summed E-state index contributed by atoms with van der Waals surface area (Å²) in [5.74, 6) is 0. The fraction of sp³-hybridized carbons (Fsp3) is 0.667. The van der Waals surface area contributed by atoms with Gasteiger partial charge in [0.05, 0.1) is 0 Å². The van der Waals surface area contributed by atoms with E-state index in [1.165, 1.54) is 101 Å². The first-order valence-electron chi connectivity index (χ1n) is 22.6. The van der Waals surface area contributed by atoms with Crippen LogP contribution in [-0.4, -0.2) is 32.3 Å². The number of hydrogen-bond donors (Lipinski definition) is 0. The van der Waals surface area contributed by atoms with Crippen LogP contribution in [0.15, 0.2) is 69.4 Å². The van der Waals surface area contributed by atoms with Crippen LogP contribution in [0.1, 0.15) is 130 Å². The van der Waals surface area contributed by atoms with Crippen molar-refractivity contribution in [3.05, 3.63) is 93.7 Å². The van der Waals surface area contributed by atoms with Gasteiger partial charge in [0.1, 0.15) is 0 Å². The normalized spacial score (nSPS) is 22.5. The Bertz CT molecular complexity index is 1170. The van der Waals surface area contributed by atoms with Crippen LogP contribution in [0, 0.1) is 24.3 Å². The molecule has 0 atom stereocenters. The van der Waals surface area contributed by atoms with E-state index >= 15 is 0 Å². The van der Waals surface area contributed by atoms with Gasteiger partial charge in [0.25, 0.3) is 0 Å². The van der Waals surface area contributed by atoms with Crippen molar-refractivity contribution < 1.29 is 77.2 Å². The maximum Gasteiger partial charge on any atom is 2.00 e. The molecule has 4 saturated heterocycles. The van der Waals surface area contributed by atoms with Crippen LogP contribution in [0.3, 0.4) is 0 Å². The van der Waals surface area contributed by atoms with Crippen LogP contribution in [-0.2, 0) is 52.4 Å². The van der Waals surface area contributed by atoms with Gasteiger partial charge in [-0.05, 0) is 0 Å². The second-order valence-electron chi connectivity index (χ2n) is 17.7. The minimum Gasteiger partial charge on any atom is -1.00 e. The molecule has 4 aliphatic carbocycles. The number of rotatable bonds is 16. The van der Waals surface area contributed by atoms with Gasteiger partial charge in [-0.25, -0.2) is 45.1 Å². The van der Waals surface area contributed by atoms with Crippen molar-refractivity contribution in [3.8, 4) is 0 Å². The largest absolute Gasteiger partial charge is 2.00 e. The summed E-state index contributed by atoms with van der Waals surface area (Å²) in [4.78, 5) is 0. The molecule has 0 amide bonds. The summed E-state index contributed by atoms with van der Waals surface area (Å²) in [5.41, 5.74) is 0. The molecule has 308 valence electrons. The average molecular weight is 1020 g/mol. The van der Waals surface area contributed by atoms with Crippen molar-refractivity contribution in [1.29, 1.82) is 0 Å². The van der Waals surface area contributed by atoms with Gasteiger partial charge in [-0.1, -0.05) is 177 Å². The summed E-state index contributed by atoms with van der Waals surface area (Å²) in [7, 11) is -3.65. The van der Waals surface area contributed by atoms with Crippen molar-refractivity contribution in [2.24, 2.45) is 0 Å². The minimum absolute atomic E-state index is 0. The predicted molar refractivity (Wildman–Crippen MR) is 241 cm³/mol. The molecular weight excluding hydrogens is 942 g/mol. The van der Waals surface area contributed by atoms with E-state index in [1.54, 1.807) is 69.1 Å². The van der Waals surface area contributed by atoms with E-state index in [-0.39, 0.29) is 77.2 Å². The Morgan fingerprint density at radius 2 is 0.571 bits per heavy atom. The van der Waals surface area contributed by atoms with Gasteiger partial charge in [0.2, 0.25) is 0 Å². The third kappa shape index (κ3) is 14.6. The number of unbranched alkanes of at least 4 members (excludes halogenated alkanes) is 4. The molecule has 4 fully saturated rings. The first kappa shape index (κ1) is 55.2. The average Bonchev–Trinajstić information content (AvgIpc) is 3.93. The maximum atomic E-state index is 3.58. The molecule has 0 nitrogen and oxygen atoms in total. The molecule has 4 heterocycles. The third-order valence-corrected chi connectivity index (χ3v) is 36.0. The van der Waals surface area contributed by atoms with Gasteiger partial charge >= 0.3 is 52.4 Å². The fourth-order valence-corrected chi connectivity index (χ4v) is 28.1. The molecule has 0 spiro atoms.